The Morgan fingerprint density at radius 2 is 1.83 bits per heavy atom. The fourth-order valence-corrected chi connectivity index (χ4v) is 6.10. The van der Waals surface area contributed by atoms with Crippen molar-refractivity contribution in [2.24, 2.45) is 0 Å². The van der Waals surface area contributed by atoms with E-state index in [1.54, 1.807) is 42.7 Å². The summed E-state index contributed by atoms with van der Waals surface area (Å²) >= 11 is 0. The maximum absolute atomic E-state index is 13.5. The van der Waals surface area contributed by atoms with Crippen LogP contribution in [0.5, 0.6) is 0 Å². The Morgan fingerprint density at radius 1 is 1.03 bits per heavy atom. The standard InChI is InChI=1S/C23H21N3O3S/c27-23-19-8-2-4-10-22(19)30(28,29)26(15-16-6-5-11-24-13-16)21(23)12-17-14-25-20-9-3-1-7-18(17)20/h1-11,13-14,21,23,25,27H,12,15H2. The van der Waals surface area contributed by atoms with Gasteiger partial charge in [0.25, 0.3) is 0 Å². The maximum atomic E-state index is 13.5. The van der Waals surface area contributed by atoms with Crippen molar-refractivity contribution < 1.29 is 13.5 Å². The van der Waals surface area contributed by atoms with Gasteiger partial charge in [-0.1, -0.05) is 42.5 Å². The lowest BCUT2D eigenvalue weighted by Crippen LogP contribution is -2.48. The van der Waals surface area contributed by atoms with Gasteiger partial charge in [0.05, 0.1) is 17.0 Å². The average molecular weight is 420 g/mol. The number of pyridine rings is 1. The molecule has 0 bridgehead atoms. The maximum Gasteiger partial charge on any atom is 0.244 e. The quantitative estimate of drug-likeness (QED) is 0.531. The second kappa shape index (κ2) is 7.36. The van der Waals surface area contributed by atoms with Gasteiger partial charge in [-0.05, 0) is 35.7 Å². The second-order valence-corrected chi connectivity index (χ2v) is 9.38. The molecular formula is C23H21N3O3S. The van der Waals surface area contributed by atoms with Crippen molar-refractivity contribution >= 4 is 20.9 Å². The summed E-state index contributed by atoms with van der Waals surface area (Å²) in [5.74, 6) is 0. The molecule has 7 heteroatoms. The number of aliphatic hydroxyl groups is 1. The van der Waals surface area contributed by atoms with Gasteiger partial charge in [0.1, 0.15) is 0 Å². The molecule has 0 amide bonds. The van der Waals surface area contributed by atoms with E-state index in [4.69, 9.17) is 0 Å². The molecule has 2 N–H and O–H groups in total. The molecule has 2 aromatic heterocycles. The summed E-state index contributed by atoms with van der Waals surface area (Å²) in [6, 6.07) is 17.6. The van der Waals surface area contributed by atoms with Crippen LogP contribution in [0.3, 0.4) is 0 Å². The molecular weight excluding hydrogens is 398 g/mol. The molecule has 1 aliphatic rings. The highest BCUT2D eigenvalue weighted by molar-refractivity contribution is 7.89. The van der Waals surface area contributed by atoms with Gasteiger partial charge in [0, 0.05) is 41.6 Å². The van der Waals surface area contributed by atoms with Crippen LogP contribution in [0.15, 0.2) is 84.1 Å². The number of rotatable bonds is 4. The number of hydrogen-bond acceptors (Lipinski definition) is 4. The van der Waals surface area contributed by atoms with Crippen molar-refractivity contribution in [2.75, 3.05) is 0 Å². The lowest BCUT2D eigenvalue weighted by Gasteiger charge is -2.39. The molecule has 30 heavy (non-hydrogen) atoms. The molecule has 2 aromatic carbocycles. The number of fused-ring (bicyclic) bond motifs is 2. The number of benzene rings is 2. The van der Waals surface area contributed by atoms with Crippen LogP contribution < -0.4 is 0 Å². The van der Waals surface area contributed by atoms with Crippen molar-refractivity contribution in [3.05, 3.63) is 95.9 Å². The molecule has 6 nitrogen and oxygen atoms in total. The summed E-state index contributed by atoms with van der Waals surface area (Å²) in [4.78, 5) is 7.51. The zero-order valence-electron chi connectivity index (χ0n) is 16.1. The van der Waals surface area contributed by atoms with Crippen LogP contribution in [0.2, 0.25) is 0 Å². The highest BCUT2D eigenvalue weighted by Crippen LogP contribution is 2.39. The summed E-state index contributed by atoms with van der Waals surface area (Å²) in [7, 11) is -3.78. The molecule has 0 saturated carbocycles. The Morgan fingerprint density at radius 3 is 2.67 bits per heavy atom. The van der Waals surface area contributed by atoms with E-state index in [2.05, 4.69) is 9.97 Å². The predicted octanol–water partition coefficient (Wildman–Crippen LogP) is 3.41. The average Bonchev–Trinajstić information content (AvgIpc) is 3.18. The topological polar surface area (TPSA) is 86.3 Å². The summed E-state index contributed by atoms with van der Waals surface area (Å²) in [5, 5.41) is 12.3. The van der Waals surface area contributed by atoms with Crippen molar-refractivity contribution in [1.29, 1.82) is 0 Å². The predicted molar refractivity (Wildman–Crippen MR) is 114 cm³/mol. The Kier molecular flexibility index (Phi) is 4.66. The third-order valence-electron chi connectivity index (χ3n) is 5.72. The number of nitrogens with one attached hydrogen (secondary N) is 1. The first-order chi connectivity index (χ1) is 14.6. The van der Waals surface area contributed by atoms with Gasteiger partial charge in [-0.3, -0.25) is 4.98 Å². The molecule has 0 fully saturated rings. The van der Waals surface area contributed by atoms with Crippen LogP contribution in [-0.4, -0.2) is 33.8 Å². The fraction of sp³-hybridized carbons (Fsp3) is 0.174. The number of aromatic nitrogens is 2. The third kappa shape index (κ3) is 3.11. The molecule has 2 atom stereocenters. The van der Waals surface area contributed by atoms with Crippen LogP contribution in [0.1, 0.15) is 22.8 Å². The zero-order chi connectivity index (χ0) is 20.7. The van der Waals surface area contributed by atoms with E-state index in [1.165, 1.54) is 4.31 Å². The molecule has 0 radical (unpaired) electrons. The van der Waals surface area contributed by atoms with E-state index in [1.807, 2.05) is 36.5 Å². The van der Waals surface area contributed by atoms with E-state index < -0.39 is 22.2 Å². The molecule has 4 aromatic rings. The molecule has 152 valence electrons. The second-order valence-electron chi connectivity index (χ2n) is 7.53. The molecule has 5 rings (SSSR count). The summed E-state index contributed by atoms with van der Waals surface area (Å²) in [5.41, 5.74) is 3.18. The van der Waals surface area contributed by atoms with Crippen LogP contribution in [-0.2, 0) is 23.0 Å². The molecule has 2 unspecified atom stereocenters. The van der Waals surface area contributed by atoms with E-state index in [0.717, 1.165) is 22.0 Å². The van der Waals surface area contributed by atoms with Gasteiger partial charge in [-0.25, -0.2) is 8.42 Å². The Balaban J connectivity index is 1.62. The number of sulfonamides is 1. The third-order valence-corrected chi connectivity index (χ3v) is 7.67. The van der Waals surface area contributed by atoms with Gasteiger partial charge >= 0.3 is 0 Å². The van der Waals surface area contributed by atoms with Gasteiger partial charge in [-0.2, -0.15) is 4.31 Å². The molecule has 0 aliphatic carbocycles. The lowest BCUT2D eigenvalue weighted by atomic mass is 9.95. The van der Waals surface area contributed by atoms with E-state index in [-0.39, 0.29) is 11.4 Å². The molecule has 0 spiro atoms. The van der Waals surface area contributed by atoms with Crippen LogP contribution in [0.25, 0.3) is 10.9 Å². The van der Waals surface area contributed by atoms with Crippen molar-refractivity contribution in [2.45, 2.75) is 30.0 Å². The van der Waals surface area contributed by atoms with Crippen LogP contribution in [0.4, 0.5) is 0 Å². The van der Waals surface area contributed by atoms with Crippen molar-refractivity contribution in [3.8, 4) is 0 Å². The monoisotopic (exact) mass is 419 g/mol. The summed E-state index contributed by atoms with van der Waals surface area (Å²) in [6.07, 6.45) is 4.66. The summed E-state index contributed by atoms with van der Waals surface area (Å²) < 4.78 is 28.5. The van der Waals surface area contributed by atoms with Gasteiger partial charge in [0.15, 0.2) is 0 Å². The minimum atomic E-state index is -3.78. The normalized spacial score (nSPS) is 20.8. The minimum Gasteiger partial charge on any atom is -0.387 e. The smallest absolute Gasteiger partial charge is 0.244 e. The molecule has 3 heterocycles. The molecule has 1 aliphatic heterocycles. The number of aliphatic hydroxyl groups excluding tert-OH is 1. The van der Waals surface area contributed by atoms with E-state index >= 15 is 0 Å². The van der Waals surface area contributed by atoms with Gasteiger partial charge < -0.3 is 10.1 Å². The first-order valence-electron chi connectivity index (χ1n) is 9.78. The number of hydrogen-bond donors (Lipinski definition) is 2. The molecule has 0 saturated heterocycles. The SMILES string of the molecule is O=S1(=O)c2ccccc2C(O)C(Cc2c[nH]c3ccccc23)N1Cc1cccnc1. The largest absolute Gasteiger partial charge is 0.387 e. The van der Waals surface area contributed by atoms with Gasteiger partial charge in [0.2, 0.25) is 10.0 Å². The number of nitrogens with zero attached hydrogens (tertiary/aromatic N) is 2. The zero-order valence-corrected chi connectivity index (χ0v) is 17.0. The lowest BCUT2D eigenvalue weighted by molar-refractivity contribution is 0.0771. The summed E-state index contributed by atoms with van der Waals surface area (Å²) in [6.45, 7) is 0.147. The van der Waals surface area contributed by atoms with Gasteiger partial charge in [-0.15, -0.1) is 0 Å². The highest BCUT2D eigenvalue weighted by Gasteiger charge is 2.43. The van der Waals surface area contributed by atoms with E-state index in [9.17, 15) is 13.5 Å². The van der Waals surface area contributed by atoms with Crippen LogP contribution >= 0.6 is 0 Å². The minimum absolute atomic E-state index is 0.147. The Bertz CT molecular complexity index is 1300. The van der Waals surface area contributed by atoms with Crippen molar-refractivity contribution in [3.63, 3.8) is 0 Å². The highest BCUT2D eigenvalue weighted by atomic mass is 32.2. The first kappa shape index (κ1) is 19.0. The fourth-order valence-electron chi connectivity index (χ4n) is 4.24. The van der Waals surface area contributed by atoms with Crippen LogP contribution in [0, 0.1) is 0 Å². The number of para-hydroxylation sites is 1. The first-order valence-corrected chi connectivity index (χ1v) is 11.2. The Labute approximate surface area is 174 Å². The Hall–Kier alpha value is -3.00. The number of H-pyrrole nitrogens is 1. The van der Waals surface area contributed by atoms with E-state index in [0.29, 0.717) is 12.0 Å². The van der Waals surface area contributed by atoms with Crippen molar-refractivity contribution in [1.82, 2.24) is 14.3 Å². The number of aromatic amines is 1.